The Kier molecular flexibility index (Phi) is 58.6. The summed E-state index contributed by atoms with van der Waals surface area (Å²) < 4.78 is 0. The van der Waals surface area contributed by atoms with Crippen molar-refractivity contribution in [2.24, 2.45) is 52.2 Å². The van der Waals surface area contributed by atoms with Crippen LogP contribution in [0.4, 0.5) is 0 Å². The van der Waals surface area contributed by atoms with Gasteiger partial charge in [-0.15, -0.1) is 0 Å². The lowest BCUT2D eigenvalue weighted by molar-refractivity contribution is -0.142. The number of carboxylic acid groups (broad SMARTS) is 1. The molecule has 786 valence electrons. The number of phenols is 1. The standard InChI is InChI=1S/C84H141N33O20S4/c1-42(2)31-53(106-62(121)36-102-60(119)34-101-61(120)35-103-66(123)48(85)17-10-26-96-80(86)87)70(127)112-57(39-139)74(131)111-55(33-46-22-24-47(118)25-23-46)72(129)113-56(38-138)73(130)109-50(19-12-28-98-82(90)91)68(125)107-49(18-11-27-97-81(88)89)67(124)108-51(20-13-29-99-83(92)93)69(126)110-54(32-45-15-8-7-9-16-45)71(128)114-58(40-140)75(132)117-65(44(5)6)78(135)115-59(41-141)76(133)116-64(43(3)4)77(134)104-37-63(122)105-52(79(136)137)21-14-30-100-84(94)95/h7-9,15-16,22-25,42-44,48-59,64-65,118,138-141H,10-14,17-21,26-41,85H2,1-6H3,(H,101,120)(H,102,119)(H,103,123)(H,104,134)(H,105,122)(H,106,121)(H,107,125)(H,108,124)(H,109,130)(H,110,126)(H,111,131)(H,112,127)(H,113,129)(H,114,128)(H,115,135)(H,116,133)(H,117,132)(H,136,137)(H4,86,87,96)(H4,88,89,97)(H4,90,91,98)(H4,92,93,99)(H4,94,95,100)/t48-,49-,50-,51-,52-,53-,54-,55-,56-,57-,58-,59-,64-,65-/m0/s1. The number of benzene rings is 2. The molecule has 0 aromatic heterocycles. The van der Waals surface area contributed by atoms with Crippen molar-refractivity contribution in [3.63, 3.8) is 0 Å². The van der Waals surface area contributed by atoms with E-state index in [9.17, 15) is 86.9 Å². The molecular formula is C84H141N33O20S4. The largest absolute Gasteiger partial charge is 0.508 e. The molecule has 0 unspecified atom stereocenters. The van der Waals surface area contributed by atoms with Gasteiger partial charge < -0.3 is 162 Å². The van der Waals surface area contributed by atoms with Crippen LogP contribution in [0.25, 0.3) is 0 Å². The molecule has 0 radical (unpaired) electrons. The Morgan fingerprint density at radius 2 is 0.567 bits per heavy atom. The lowest BCUT2D eigenvalue weighted by Crippen LogP contribution is -2.62. The predicted molar refractivity (Wildman–Crippen MR) is 535 cm³/mol. The van der Waals surface area contributed by atoms with E-state index < -0.39 is 264 Å². The molecule has 2 aromatic rings. The third-order valence-corrected chi connectivity index (χ3v) is 22.1. The zero-order chi connectivity index (χ0) is 106. The Hall–Kier alpha value is -13.6. The molecule has 141 heavy (non-hydrogen) atoms. The summed E-state index contributed by atoms with van der Waals surface area (Å²) >= 11 is 17.3. The number of aromatic hydroxyl groups is 1. The molecule has 0 aliphatic carbocycles. The average Bonchev–Trinajstić information content (AvgIpc) is 0.848. The van der Waals surface area contributed by atoms with Gasteiger partial charge in [-0.25, -0.2) is 4.79 Å². The summed E-state index contributed by atoms with van der Waals surface area (Å²) in [6.07, 6.45) is -0.760. The third-order valence-electron chi connectivity index (χ3n) is 20.6. The van der Waals surface area contributed by atoms with E-state index in [4.69, 9.17) is 61.4 Å². The summed E-state index contributed by atoms with van der Waals surface area (Å²) in [6.45, 7) is 7.40. The molecule has 0 aliphatic heterocycles. The van der Waals surface area contributed by atoms with Gasteiger partial charge in [-0.2, -0.15) is 50.5 Å². The molecule has 14 atom stereocenters. The van der Waals surface area contributed by atoms with E-state index in [0.29, 0.717) is 17.5 Å². The van der Waals surface area contributed by atoms with Gasteiger partial charge in [-0.1, -0.05) is 84.0 Å². The smallest absolute Gasteiger partial charge is 0.326 e. The lowest BCUT2D eigenvalue weighted by Gasteiger charge is -2.29. The highest BCUT2D eigenvalue weighted by Crippen LogP contribution is 2.16. The van der Waals surface area contributed by atoms with Crippen LogP contribution in [-0.2, 0) is 99.1 Å². The summed E-state index contributed by atoms with van der Waals surface area (Å²) in [5, 5.41) is 113. The van der Waals surface area contributed by atoms with Gasteiger partial charge in [-0.05, 0) is 112 Å². The predicted octanol–water partition coefficient (Wildman–Crippen LogP) is -10.2. The summed E-state index contributed by atoms with van der Waals surface area (Å²) in [5.41, 5.74) is 33.9. The summed E-state index contributed by atoms with van der Waals surface area (Å²) in [5.74, 6) is -22.6. The van der Waals surface area contributed by atoms with Gasteiger partial charge in [0.15, 0.2) is 29.8 Å². The normalized spacial score (nSPS) is 13.9. The van der Waals surface area contributed by atoms with E-state index in [-0.39, 0.29) is 139 Å². The maximum absolute atomic E-state index is 15.0. The Morgan fingerprint density at radius 3 is 0.915 bits per heavy atom. The van der Waals surface area contributed by atoms with Gasteiger partial charge in [0, 0.05) is 68.6 Å². The van der Waals surface area contributed by atoms with Gasteiger partial charge in [0.2, 0.25) is 100 Å². The number of amides is 17. The number of carboxylic acids is 1. The first-order valence-corrected chi connectivity index (χ1v) is 47.7. The number of phenolic OH excluding ortho intramolecular Hbond substituents is 1. The molecule has 0 spiro atoms. The van der Waals surface area contributed by atoms with Crippen LogP contribution >= 0.6 is 50.5 Å². The van der Waals surface area contributed by atoms with Crippen LogP contribution in [0.5, 0.6) is 5.75 Å². The van der Waals surface area contributed by atoms with Gasteiger partial charge in [0.1, 0.15) is 84.3 Å². The number of nitrogens with one attached hydrogen (secondary N) is 27. The number of thiol groups is 4. The number of carbonyl (C=O) groups is 18. The van der Waals surface area contributed by atoms with Crippen LogP contribution in [0.2, 0.25) is 0 Å². The molecule has 57 heteroatoms. The molecule has 0 aliphatic rings. The molecule has 2 rings (SSSR count). The second-order valence-corrected chi connectivity index (χ2v) is 35.0. The molecule has 0 saturated carbocycles. The van der Waals surface area contributed by atoms with Crippen molar-refractivity contribution in [2.75, 3.05) is 81.9 Å². The Bertz CT molecular complexity index is 4550. The fraction of sp³-hybridized carbons (Fsp3) is 0.583. The van der Waals surface area contributed by atoms with Gasteiger partial charge in [-0.3, -0.25) is 109 Å². The monoisotopic (exact) mass is 2060 g/mol. The average molecular weight is 2060 g/mol. The van der Waals surface area contributed by atoms with Gasteiger partial charge >= 0.3 is 5.97 Å². The van der Waals surface area contributed by atoms with E-state index in [0.717, 1.165) is 0 Å². The number of aliphatic carboxylic acids is 1. The van der Waals surface area contributed by atoms with Crippen molar-refractivity contribution in [2.45, 2.75) is 210 Å². The highest BCUT2D eigenvalue weighted by atomic mass is 32.1. The van der Waals surface area contributed by atoms with Crippen LogP contribution in [0.15, 0.2) is 54.6 Å². The number of carbonyl (C=O) groups excluding carboxylic acids is 17. The Balaban J connectivity index is 2.53. The minimum absolute atomic E-state index is 0.0109. The Morgan fingerprint density at radius 1 is 0.298 bits per heavy atom. The number of guanidine groups is 5. The molecule has 53 nitrogen and oxygen atoms in total. The number of hydrogen-bond acceptors (Lipinski definition) is 29. The number of rotatable bonds is 67. The lowest BCUT2D eigenvalue weighted by atomic mass is 10.0. The van der Waals surface area contributed by atoms with E-state index >= 15 is 9.59 Å². The summed E-state index contributed by atoms with van der Waals surface area (Å²) in [4.78, 5) is 249. The topological polar surface area (TPSA) is 888 Å². The molecule has 41 N–H and O–H groups in total. The van der Waals surface area contributed by atoms with E-state index in [1.807, 2.05) is 0 Å². The zero-order valence-corrected chi connectivity index (χ0v) is 83.0. The highest BCUT2D eigenvalue weighted by molar-refractivity contribution is 7.80. The molecule has 0 fully saturated rings. The summed E-state index contributed by atoms with van der Waals surface area (Å²) in [6, 6.07) is -7.15. The van der Waals surface area contributed by atoms with Crippen molar-refractivity contribution in [1.82, 2.24) is 117 Å². The second kappa shape index (κ2) is 66.9. The Labute approximate surface area is 837 Å². The number of nitrogens with two attached hydrogens (primary N) is 6. The van der Waals surface area contributed by atoms with Crippen molar-refractivity contribution in [3.05, 3.63) is 65.7 Å². The fourth-order valence-corrected chi connectivity index (χ4v) is 14.1. The van der Waals surface area contributed by atoms with Crippen LogP contribution in [0, 0.1) is 44.8 Å². The minimum Gasteiger partial charge on any atom is -0.508 e. The third kappa shape index (κ3) is 51.2. The SMILES string of the molecule is CC(C)C[C@H](NC(=O)CNC(=O)CNC(=O)CNC(=O)[C@@H](N)CCCNC(=N)N)C(=O)N[C@@H](CS)C(=O)N[C@@H](Cc1ccc(O)cc1)C(=O)N[C@@H](CS)C(=O)N[C@@H](CCCNC(=N)N)C(=O)N[C@@H](CCCNC(=N)N)C(=O)N[C@@H](CCCNC(=N)N)C(=O)N[C@@H](Cc1ccccc1)C(=O)N[C@@H](CS)C(=O)N[C@H](C(=O)N[C@@H](CS)C(=O)N[C@H](C(=O)NCC(=O)N[C@@H](CCCNC(=N)N)C(=O)O)C(C)C)C(C)C. The van der Waals surface area contributed by atoms with Crippen LogP contribution in [0.1, 0.15) is 123 Å². The van der Waals surface area contributed by atoms with Crippen molar-refractivity contribution in [3.8, 4) is 5.75 Å². The van der Waals surface area contributed by atoms with Crippen LogP contribution in [0.3, 0.4) is 0 Å². The number of hydrogen-bond donors (Lipinski definition) is 39. The first-order chi connectivity index (χ1) is 66.5. The molecule has 17 amide bonds. The van der Waals surface area contributed by atoms with Crippen LogP contribution < -0.4 is 151 Å². The van der Waals surface area contributed by atoms with Gasteiger partial charge in [0.25, 0.3) is 0 Å². The second-order valence-electron chi connectivity index (χ2n) is 33.5. The first kappa shape index (κ1) is 123. The fourth-order valence-electron chi connectivity index (χ4n) is 13.0. The molecule has 2 aromatic carbocycles. The molecule has 0 saturated heterocycles. The first-order valence-electron chi connectivity index (χ1n) is 45.2. The van der Waals surface area contributed by atoms with Crippen molar-refractivity contribution < 1.29 is 96.5 Å². The molecular weight excluding hydrogens is 1920 g/mol. The highest BCUT2D eigenvalue weighted by Gasteiger charge is 2.39. The minimum atomic E-state index is -1.65. The maximum Gasteiger partial charge on any atom is 0.326 e. The van der Waals surface area contributed by atoms with Crippen molar-refractivity contribution in [1.29, 1.82) is 27.0 Å². The van der Waals surface area contributed by atoms with E-state index in [1.54, 1.807) is 71.9 Å². The maximum atomic E-state index is 15.0. The molecule has 0 bridgehead atoms. The van der Waals surface area contributed by atoms with E-state index in [2.05, 4.69) is 167 Å². The van der Waals surface area contributed by atoms with Crippen molar-refractivity contribution >= 4 is 187 Å². The summed E-state index contributed by atoms with van der Waals surface area (Å²) in [7, 11) is 0. The van der Waals surface area contributed by atoms with Gasteiger partial charge in [0.05, 0.1) is 32.2 Å². The zero-order valence-electron chi connectivity index (χ0n) is 79.4. The van der Waals surface area contributed by atoms with Crippen LogP contribution in [-0.4, -0.2) is 313 Å². The quantitative estimate of drug-likeness (QED) is 0.0127. The van der Waals surface area contributed by atoms with E-state index in [1.165, 1.54) is 24.3 Å². The molecule has 0 heterocycles.